The molecule has 1 aromatic carbocycles. The molecule has 1 atom stereocenters. The third kappa shape index (κ3) is 3.47. The van der Waals surface area contributed by atoms with E-state index in [2.05, 4.69) is 19.9 Å². The van der Waals surface area contributed by atoms with Crippen LogP contribution in [0.4, 0.5) is 0 Å². The molecule has 1 aromatic rings. The average Bonchev–Trinajstić information content (AvgIpc) is 1.99. The summed E-state index contributed by atoms with van der Waals surface area (Å²) >= 11 is 0. The van der Waals surface area contributed by atoms with Gasteiger partial charge in [-0.2, -0.15) is 0 Å². The van der Waals surface area contributed by atoms with Crippen molar-refractivity contribution in [3.05, 3.63) is 29.3 Å². The largest absolute Gasteiger partial charge is 0.492 e. The Balaban J connectivity index is 2.66. The maximum atomic E-state index is 5.59. The van der Waals surface area contributed by atoms with E-state index in [4.69, 9.17) is 10.5 Å². The van der Waals surface area contributed by atoms with Gasteiger partial charge in [-0.15, -0.1) is 0 Å². The van der Waals surface area contributed by atoms with Gasteiger partial charge in [0.25, 0.3) is 0 Å². The Labute approximate surface area is 79.7 Å². The average molecular weight is 179 g/mol. The van der Waals surface area contributed by atoms with Crippen LogP contribution < -0.4 is 10.5 Å². The van der Waals surface area contributed by atoms with Gasteiger partial charge in [0, 0.05) is 6.04 Å². The summed E-state index contributed by atoms with van der Waals surface area (Å²) in [4.78, 5) is 0. The number of rotatable bonds is 3. The molecule has 2 N–H and O–H groups in total. The Hall–Kier alpha value is -1.02. The SMILES string of the molecule is Cc1cc(C)cc(OC[C@@H](C)N)c1. The summed E-state index contributed by atoms with van der Waals surface area (Å²) in [6.45, 7) is 6.63. The minimum Gasteiger partial charge on any atom is -0.492 e. The molecular formula is C11H17NO. The monoisotopic (exact) mass is 179 g/mol. The molecule has 0 saturated carbocycles. The zero-order valence-corrected chi connectivity index (χ0v) is 8.50. The Kier molecular flexibility index (Phi) is 3.32. The summed E-state index contributed by atoms with van der Waals surface area (Å²) in [5, 5.41) is 0. The first-order chi connectivity index (χ1) is 6.08. The van der Waals surface area contributed by atoms with E-state index < -0.39 is 0 Å². The van der Waals surface area contributed by atoms with Crippen molar-refractivity contribution < 1.29 is 4.74 Å². The summed E-state index contributed by atoms with van der Waals surface area (Å²) < 4.78 is 5.50. The number of hydrogen-bond donors (Lipinski definition) is 1. The van der Waals surface area contributed by atoms with Gasteiger partial charge in [-0.3, -0.25) is 0 Å². The number of aryl methyl sites for hydroxylation is 2. The Morgan fingerprint density at radius 1 is 1.23 bits per heavy atom. The highest BCUT2D eigenvalue weighted by Gasteiger charge is 1.98. The van der Waals surface area contributed by atoms with E-state index in [1.165, 1.54) is 11.1 Å². The lowest BCUT2D eigenvalue weighted by Gasteiger charge is -2.09. The molecule has 0 aliphatic rings. The van der Waals surface area contributed by atoms with Crippen LogP contribution in [0, 0.1) is 13.8 Å². The van der Waals surface area contributed by atoms with Gasteiger partial charge >= 0.3 is 0 Å². The number of ether oxygens (including phenoxy) is 1. The lowest BCUT2D eigenvalue weighted by Crippen LogP contribution is -2.23. The molecule has 0 bridgehead atoms. The molecule has 13 heavy (non-hydrogen) atoms. The third-order valence-corrected chi connectivity index (χ3v) is 1.71. The summed E-state index contributed by atoms with van der Waals surface area (Å²) in [6, 6.07) is 6.25. The van der Waals surface area contributed by atoms with E-state index in [9.17, 15) is 0 Å². The summed E-state index contributed by atoms with van der Waals surface area (Å²) in [5.41, 5.74) is 8.04. The van der Waals surface area contributed by atoms with Crippen molar-refractivity contribution in [3.8, 4) is 5.75 Å². The van der Waals surface area contributed by atoms with Gasteiger partial charge in [0.2, 0.25) is 0 Å². The zero-order valence-electron chi connectivity index (χ0n) is 8.50. The van der Waals surface area contributed by atoms with Crippen LogP contribution in [0.1, 0.15) is 18.1 Å². The highest BCUT2D eigenvalue weighted by Crippen LogP contribution is 2.15. The maximum Gasteiger partial charge on any atom is 0.119 e. The molecule has 0 aromatic heterocycles. The molecule has 0 aliphatic heterocycles. The van der Waals surface area contributed by atoms with Gasteiger partial charge in [0.15, 0.2) is 0 Å². The summed E-state index contributed by atoms with van der Waals surface area (Å²) in [7, 11) is 0. The first-order valence-corrected chi connectivity index (χ1v) is 4.54. The van der Waals surface area contributed by atoms with Gasteiger partial charge in [0.1, 0.15) is 12.4 Å². The molecule has 1 rings (SSSR count). The van der Waals surface area contributed by atoms with Crippen molar-refractivity contribution in [2.75, 3.05) is 6.61 Å². The van der Waals surface area contributed by atoms with Gasteiger partial charge in [-0.25, -0.2) is 0 Å². The molecule has 0 amide bonds. The second-order valence-electron chi connectivity index (χ2n) is 3.61. The maximum absolute atomic E-state index is 5.59. The van der Waals surface area contributed by atoms with Crippen LogP contribution in [0.3, 0.4) is 0 Å². The van der Waals surface area contributed by atoms with Crippen LogP contribution in [0.25, 0.3) is 0 Å². The molecule has 2 nitrogen and oxygen atoms in total. The molecule has 0 aliphatic carbocycles. The van der Waals surface area contributed by atoms with Crippen LogP contribution >= 0.6 is 0 Å². The Morgan fingerprint density at radius 2 is 1.77 bits per heavy atom. The molecule has 0 saturated heterocycles. The molecule has 0 fully saturated rings. The molecule has 72 valence electrons. The van der Waals surface area contributed by atoms with E-state index in [-0.39, 0.29) is 6.04 Å². The van der Waals surface area contributed by atoms with Crippen LogP contribution in [0.15, 0.2) is 18.2 Å². The van der Waals surface area contributed by atoms with Crippen molar-refractivity contribution >= 4 is 0 Å². The number of benzene rings is 1. The van der Waals surface area contributed by atoms with Crippen molar-refractivity contribution in [3.63, 3.8) is 0 Å². The van der Waals surface area contributed by atoms with Gasteiger partial charge < -0.3 is 10.5 Å². The predicted molar refractivity (Wildman–Crippen MR) is 55.1 cm³/mol. The fourth-order valence-corrected chi connectivity index (χ4v) is 1.24. The predicted octanol–water partition coefficient (Wildman–Crippen LogP) is 2.03. The van der Waals surface area contributed by atoms with E-state index in [1.807, 2.05) is 19.1 Å². The van der Waals surface area contributed by atoms with E-state index in [0.717, 1.165) is 5.75 Å². The lowest BCUT2D eigenvalue weighted by molar-refractivity contribution is 0.296. The van der Waals surface area contributed by atoms with Crippen molar-refractivity contribution in [2.45, 2.75) is 26.8 Å². The molecule has 2 heteroatoms. The topological polar surface area (TPSA) is 35.2 Å². The summed E-state index contributed by atoms with van der Waals surface area (Å²) in [6.07, 6.45) is 0. The zero-order chi connectivity index (χ0) is 9.84. The fraction of sp³-hybridized carbons (Fsp3) is 0.455. The van der Waals surface area contributed by atoms with Crippen LogP contribution in [0.2, 0.25) is 0 Å². The Bertz CT molecular complexity index is 261. The van der Waals surface area contributed by atoms with Crippen molar-refractivity contribution in [2.24, 2.45) is 5.73 Å². The van der Waals surface area contributed by atoms with E-state index in [0.29, 0.717) is 6.61 Å². The highest BCUT2D eigenvalue weighted by molar-refractivity contribution is 5.32. The number of nitrogens with two attached hydrogens (primary N) is 1. The smallest absolute Gasteiger partial charge is 0.119 e. The molecular weight excluding hydrogens is 162 g/mol. The van der Waals surface area contributed by atoms with Crippen molar-refractivity contribution in [1.29, 1.82) is 0 Å². The molecule has 0 unspecified atom stereocenters. The first kappa shape index (κ1) is 10.1. The quantitative estimate of drug-likeness (QED) is 0.770. The van der Waals surface area contributed by atoms with E-state index in [1.54, 1.807) is 0 Å². The second-order valence-corrected chi connectivity index (χ2v) is 3.61. The van der Waals surface area contributed by atoms with Crippen molar-refractivity contribution in [1.82, 2.24) is 0 Å². The number of hydrogen-bond acceptors (Lipinski definition) is 2. The minimum atomic E-state index is 0.0841. The highest BCUT2D eigenvalue weighted by atomic mass is 16.5. The molecule has 0 spiro atoms. The van der Waals surface area contributed by atoms with Crippen LogP contribution in [-0.2, 0) is 0 Å². The van der Waals surface area contributed by atoms with Crippen LogP contribution in [0.5, 0.6) is 5.75 Å². The summed E-state index contributed by atoms with van der Waals surface area (Å²) in [5.74, 6) is 0.912. The molecule has 0 radical (unpaired) electrons. The standard InChI is InChI=1S/C11H17NO/c1-8-4-9(2)6-11(5-8)13-7-10(3)12/h4-6,10H,7,12H2,1-3H3/t10-/m1/s1. The van der Waals surface area contributed by atoms with E-state index >= 15 is 0 Å². The lowest BCUT2D eigenvalue weighted by atomic mass is 10.1. The fourth-order valence-electron chi connectivity index (χ4n) is 1.24. The van der Waals surface area contributed by atoms with Gasteiger partial charge in [-0.05, 0) is 44.0 Å². The Morgan fingerprint density at radius 3 is 2.23 bits per heavy atom. The van der Waals surface area contributed by atoms with Crippen LogP contribution in [-0.4, -0.2) is 12.6 Å². The first-order valence-electron chi connectivity index (χ1n) is 4.54. The minimum absolute atomic E-state index is 0.0841. The van der Waals surface area contributed by atoms with Gasteiger partial charge in [-0.1, -0.05) is 6.07 Å². The van der Waals surface area contributed by atoms with Gasteiger partial charge in [0.05, 0.1) is 0 Å². The second kappa shape index (κ2) is 4.28. The normalized spacial score (nSPS) is 12.6. The molecule has 0 heterocycles. The third-order valence-electron chi connectivity index (χ3n) is 1.71.